The maximum atomic E-state index is 5.66. The smallest absolute Gasteiger partial charge is 0.189 e. The lowest BCUT2D eigenvalue weighted by Gasteiger charge is -2.07. The molecule has 0 saturated carbocycles. The summed E-state index contributed by atoms with van der Waals surface area (Å²) in [6, 6.07) is 7.71. The summed E-state index contributed by atoms with van der Waals surface area (Å²) >= 11 is 0. The molecule has 2 rings (SSSR count). The number of nitrogens with two attached hydrogens (primary N) is 1. The maximum absolute atomic E-state index is 5.66. The summed E-state index contributed by atoms with van der Waals surface area (Å²) in [7, 11) is 0. The predicted octanol–water partition coefficient (Wildman–Crippen LogP) is 1.12. The predicted molar refractivity (Wildman–Crippen MR) is 66.8 cm³/mol. The van der Waals surface area contributed by atoms with Crippen molar-refractivity contribution in [2.75, 3.05) is 0 Å². The highest BCUT2D eigenvalue weighted by atomic mass is 16.5. The molecule has 0 fully saturated rings. The van der Waals surface area contributed by atoms with Gasteiger partial charge in [0, 0.05) is 13.1 Å². The lowest BCUT2D eigenvalue weighted by molar-refractivity contribution is 0.286. The Morgan fingerprint density at radius 3 is 3.06 bits per heavy atom. The van der Waals surface area contributed by atoms with E-state index in [1.54, 1.807) is 4.68 Å². The maximum Gasteiger partial charge on any atom is 0.189 e. The third-order valence-electron chi connectivity index (χ3n) is 2.54. The van der Waals surface area contributed by atoms with Crippen LogP contribution >= 0.6 is 0 Å². The number of hydrogen-bond donors (Lipinski definition) is 1. The molecule has 6 heteroatoms. The van der Waals surface area contributed by atoms with E-state index in [0.717, 1.165) is 30.1 Å². The van der Waals surface area contributed by atoms with E-state index in [4.69, 9.17) is 10.5 Å². The third-order valence-corrected chi connectivity index (χ3v) is 2.54. The molecular formula is C12H17N5O. The summed E-state index contributed by atoms with van der Waals surface area (Å²) in [5.41, 5.74) is 6.62. The van der Waals surface area contributed by atoms with Gasteiger partial charge in [0.15, 0.2) is 5.82 Å². The Bertz CT molecular complexity index is 497. The van der Waals surface area contributed by atoms with E-state index in [-0.39, 0.29) is 0 Å². The number of ether oxygens (including phenoxy) is 1. The fourth-order valence-corrected chi connectivity index (χ4v) is 1.62. The van der Waals surface area contributed by atoms with Crippen molar-refractivity contribution in [2.24, 2.45) is 5.73 Å². The summed E-state index contributed by atoms with van der Waals surface area (Å²) in [4.78, 5) is 0. The molecule has 0 bridgehead atoms. The third kappa shape index (κ3) is 3.04. The van der Waals surface area contributed by atoms with Crippen LogP contribution in [0.3, 0.4) is 0 Å². The number of hydrogen-bond acceptors (Lipinski definition) is 5. The van der Waals surface area contributed by atoms with Crippen molar-refractivity contribution in [1.29, 1.82) is 0 Å². The summed E-state index contributed by atoms with van der Waals surface area (Å²) in [6.07, 6.45) is 0.987. The highest BCUT2D eigenvalue weighted by Gasteiger charge is 2.06. The van der Waals surface area contributed by atoms with Crippen LogP contribution in [-0.4, -0.2) is 20.2 Å². The Kier molecular flexibility index (Phi) is 4.25. The van der Waals surface area contributed by atoms with Crippen molar-refractivity contribution in [3.8, 4) is 5.75 Å². The zero-order valence-corrected chi connectivity index (χ0v) is 10.4. The van der Waals surface area contributed by atoms with Gasteiger partial charge in [0.1, 0.15) is 12.4 Å². The number of nitrogens with zero attached hydrogens (tertiary/aromatic N) is 4. The largest absolute Gasteiger partial charge is 0.486 e. The Labute approximate surface area is 106 Å². The Balaban J connectivity index is 1.99. The normalized spacial score (nSPS) is 10.6. The van der Waals surface area contributed by atoms with E-state index in [9.17, 15) is 0 Å². The van der Waals surface area contributed by atoms with Gasteiger partial charge in [-0.25, -0.2) is 4.68 Å². The van der Waals surface area contributed by atoms with E-state index >= 15 is 0 Å². The molecule has 2 aromatic rings. The SMILES string of the molecule is CCCn1nnnc1COc1cccc(CN)c1. The quantitative estimate of drug-likeness (QED) is 0.827. The monoisotopic (exact) mass is 247 g/mol. The molecule has 0 radical (unpaired) electrons. The molecule has 6 nitrogen and oxygen atoms in total. The van der Waals surface area contributed by atoms with E-state index in [1.807, 2.05) is 24.3 Å². The van der Waals surface area contributed by atoms with Gasteiger partial charge in [-0.3, -0.25) is 0 Å². The molecule has 0 aliphatic carbocycles. The van der Waals surface area contributed by atoms with Crippen LogP contribution in [0, 0.1) is 0 Å². The highest BCUT2D eigenvalue weighted by Crippen LogP contribution is 2.14. The molecule has 0 aliphatic rings. The molecule has 1 heterocycles. The zero-order valence-electron chi connectivity index (χ0n) is 10.4. The van der Waals surface area contributed by atoms with Crippen LogP contribution in [0.5, 0.6) is 5.75 Å². The summed E-state index contributed by atoms with van der Waals surface area (Å²) in [6.45, 7) is 3.75. The van der Waals surface area contributed by atoms with Crippen molar-refractivity contribution in [3.05, 3.63) is 35.7 Å². The van der Waals surface area contributed by atoms with Crippen molar-refractivity contribution in [2.45, 2.75) is 33.0 Å². The number of tetrazole rings is 1. The Morgan fingerprint density at radius 1 is 1.39 bits per heavy atom. The number of rotatable bonds is 6. The van der Waals surface area contributed by atoms with Crippen LogP contribution in [0.15, 0.2) is 24.3 Å². The molecule has 0 spiro atoms. The van der Waals surface area contributed by atoms with Crippen molar-refractivity contribution in [1.82, 2.24) is 20.2 Å². The lowest BCUT2D eigenvalue weighted by atomic mass is 10.2. The fourth-order valence-electron chi connectivity index (χ4n) is 1.62. The topological polar surface area (TPSA) is 78.8 Å². The zero-order chi connectivity index (χ0) is 12.8. The van der Waals surface area contributed by atoms with Crippen molar-refractivity contribution in [3.63, 3.8) is 0 Å². The number of benzene rings is 1. The first-order chi connectivity index (χ1) is 8.83. The van der Waals surface area contributed by atoms with Crippen molar-refractivity contribution >= 4 is 0 Å². The molecule has 1 aromatic heterocycles. The molecule has 0 atom stereocenters. The van der Waals surface area contributed by atoms with Gasteiger partial charge >= 0.3 is 0 Å². The van der Waals surface area contributed by atoms with Gasteiger partial charge in [-0.05, 0) is 34.5 Å². The van der Waals surface area contributed by atoms with Gasteiger partial charge in [0.2, 0.25) is 0 Å². The van der Waals surface area contributed by atoms with Crippen LogP contribution in [0.25, 0.3) is 0 Å². The molecule has 0 amide bonds. The molecule has 0 saturated heterocycles. The van der Waals surface area contributed by atoms with E-state index in [0.29, 0.717) is 13.2 Å². The highest BCUT2D eigenvalue weighted by molar-refractivity contribution is 5.28. The molecule has 1 aromatic carbocycles. The molecule has 18 heavy (non-hydrogen) atoms. The summed E-state index contributed by atoms with van der Waals surface area (Å²) < 4.78 is 7.42. The Hall–Kier alpha value is -1.95. The van der Waals surface area contributed by atoms with Crippen LogP contribution in [-0.2, 0) is 19.7 Å². The van der Waals surface area contributed by atoms with Gasteiger partial charge in [-0.15, -0.1) is 5.10 Å². The first-order valence-corrected chi connectivity index (χ1v) is 6.00. The first-order valence-electron chi connectivity index (χ1n) is 6.00. The molecule has 96 valence electrons. The van der Waals surface area contributed by atoms with Crippen molar-refractivity contribution < 1.29 is 4.74 Å². The minimum atomic E-state index is 0.362. The number of aryl methyl sites for hydroxylation is 1. The fraction of sp³-hybridized carbons (Fsp3) is 0.417. The van der Waals surface area contributed by atoms with Crippen LogP contribution in [0.4, 0.5) is 0 Å². The van der Waals surface area contributed by atoms with Crippen LogP contribution < -0.4 is 10.5 Å². The summed E-state index contributed by atoms with van der Waals surface area (Å²) in [5.74, 6) is 1.51. The molecular weight excluding hydrogens is 230 g/mol. The van der Waals surface area contributed by atoms with Gasteiger partial charge in [0.25, 0.3) is 0 Å². The average Bonchev–Trinajstić information content (AvgIpc) is 2.85. The standard InChI is InChI=1S/C12H17N5O/c1-2-6-17-12(14-15-16-17)9-18-11-5-3-4-10(7-11)8-13/h3-5,7H,2,6,8-9,13H2,1H3. The van der Waals surface area contributed by atoms with Gasteiger partial charge < -0.3 is 10.5 Å². The minimum absolute atomic E-state index is 0.362. The van der Waals surface area contributed by atoms with Gasteiger partial charge in [-0.1, -0.05) is 19.1 Å². The minimum Gasteiger partial charge on any atom is -0.486 e. The van der Waals surface area contributed by atoms with E-state index < -0.39 is 0 Å². The van der Waals surface area contributed by atoms with E-state index in [2.05, 4.69) is 22.4 Å². The molecule has 0 aliphatic heterocycles. The van der Waals surface area contributed by atoms with Gasteiger partial charge in [-0.2, -0.15) is 0 Å². The second-order valence-electron chi connectivity index (χ2n) is 3.96. The van der Waals surface area contributed by atoms with Crippen LogP contribution in [0.1, 0.15) is 24.7 Å². The molecule has 2 N–H and O–H groups in total. The molecule has 0 unspecified atom stereocenters. The lowest BCUT2D eigenvalue weighted by Crippen LogP contribution is -2.08. The number of aromatic nitrogens is 4. The van der Waals surface area contributed by atoms with Crippen LogP contribution in [0.2, 0.25) is 0 Å². The average molecular weight is 247 g/mol. The second kappa shape index (κ2) is 6.11. The summed E-state index contributed by atoms with van der Waals surface area (Å²) in [5, 5.41) is 11.5. The van der Waals surface area contributed by atoms with Gasteiger partial charge in [0.05, 0.1) is 0 Å². The first kappa shape index (κ1) is 12.5. The Morgan fingerprint density at radius 2 is 2.28 bits per heavy atom. The second-order valence-corrected chi connectivity index (χ2v) is 3.96. The van der Waals surface area contributed by atoms with E-state index in [1.165, 1.54) is 0 Å².